The van der Waals surface area contributed by atoms with Crippen molar-refractivity contribution in [2.45, 2.75) is 43.8 Å². The van der Waals surface area contributed by atoms with Crippen molar-refractivity contribution in [1.82, 2.24) is 0 Å². The van der Waals surface area contributed by atoms with Crippen LogP contribution >= 0.6 is 0 Å². The molecule has 4 rings (SSSR count). The van der Waals surface area contributed by atoms with Gasteiger partial charge in [0.25, 0.3) is 0 Å². The standard InChI is InChI=1S/C16H16N4O7/c1-6-4-10(21)26-9-5-7(2-3-8(6)9)25-16-13(24)11(22)12(23)14(27-16)15-17-19-20-18-15/h2-5,11-16,22-24H,1H3/t11-,12-,13+,14-,16+/m0/s1. The van der Waals surface area contributed by atoms with Crippen molar-refractivity contribution in [1.29, 1.82) is 0 Å². The molecule has 3 N–H and O–H groups in total. The van der Waals surface area contributed by atoms with E-state index in [1.165, 1.54) is 12.1 Å². The maximum atomic E-state index is 11.6. The Labute approximate surface area is 151 Å². The molecule has 0 saturated carbocycles. The number of fused-ring (bicyclic) bond motifs is 1. The number of aliphatic hydroxyl groups is 3. The van der Waals surface area contributed by atoms with Crippen LogP contribution in [0.3, 0.4) is 0 Å². The van der Waals surface area contributed by atoms with Gasteiger partial charge in [-0.25, -0.2) is 4.79 Å². The molecule has 0 aliphatic carbocycles. The van der Waals surface area contributed by atoms with Crippen LogP contribution in [0.15, 0.2) is 54.2 Å². The molecule has 5 atom stereocenters. The van der Waals surface area contributed by atoms with Crippen molar-refractivity contribution in [2.75, 3.05) is 0 Å². The maximum Gasteiger partial charge on any atom is 0.336 e. The molecular formula is C16H16N4O7. The monoisotopic (exact) mass is 376 g/mol. The maximum absolute atomic E-state index is 11.6. The Kier molecular flexibility index (Phi) is 4.44. The van der Waals surface area contributed by atoms with Gasteiger partial charge in [0.05, 0.1) is 0 Å². The molecule has 11 heteroatoms. The average Bonchev–Trinajstić information content (AvgIpc) is 3.16. The fraction of sp³-hybridized carbons (Fsp3) is 0.438. The summed E-state index contributed by atoms with van der Waals surface area (Å²) in [5.74, 6) is 0.234. The lowest BCUT2D eigenvalue weighted by Gasteiger charge is -2.40. The van der Waals surface area contributed by atoms with Gasteiger partial charge in [0.15, 0.2) is 0 Å². The summed E-state index contributed by atoms with van der Waals surface area (Å²) in [5, 5.41) is 45.2. The summed E-state index contributed by atoms with van der Waals surface area (Å²) in [4.78, 5) is 11.6. The first-order valence-corrected chi connectivity index (χ1v) is 8.15. The smallest absolute Gasteiger partial charge is 0.336 e. The molecule has 1 saturated heterocycles. The molecule has 27 heavy (non-hydrogen) atoms. The molecule has 2 aromatic rings. The zero-order valence-electron chi connectivity index (χ0n) is 14.0. The minimum atomic E-state index is -1.56. The molecule has 0 radical (unpaired) electrons. The number of rotatable bonds is 3. The van der Waals surface area contributed by atoms with E-state index in [0.717, 1.165) is 10.9 Å². The van der Waals surface area contributed by atoms with Gasteiger partial charge in [-0.3, -0.25) is 0 Å². The summed E-state index contributed by atoms with van der Waals surface area (Å²) < 4.78 is 16.3. The lowest BCUT2D eigenvalue weighted by molar-refractivity contribution is -0.275. The van der Waals surface area contributed by atoms with Crippen LogP contribution in [0.4, 0.5) is 0 Å². The van der Waals surface area contributed by atoms with Crippen molar-refractivity contribution >= 4 is 11.0 Å². The van der Waals surface area contributed by atoms with Crippen LogP contribution in [0.25, 0.3) is 11.0 Å². The molecule has 142 valence electrons. The van der Waals surface area contributed by atoms with Crippen LogP contribution in [-0.4, -0.2) is 52.2 Å². The Hall–Kier alpha value is -2.73. The molecule has 0 spiro atoms. The van der Waals surface area contributed by atoms with E-state index in [-0.39, 0.29) is 5.75 Å². The van der Waals surface area contributed by atoms with Gasteiger partial charge in [-0.15, -0.1) is 10.2 Å². The number of hydrogen-bond donors (Lipinski definition) is 3. The number of nitrogens with zero attached hydrogens (tertiary/aromatic N) is 4. The summed E-state index contributed by atoms with van der Waals surface area (Å²) in [6, 6.07) is 6.15. The van der Waals surface area contributed by atoms with Crippen LogP contribution in [0.2, 0.25) is 0 Å². The molecule has 11 nitrogen and oxygen atoms in total. The zero-order valence-corrected chi connectivity index (χ0v) is 14.0. The summed E-state index contributed by atoms with van der Waals surface area (Å²) in [6.45, 7) is 1.78. The van der Waals surface area contributed by atoms with E-state index < -0.39 is 42.5 Å². The van der Waals surface area contributed by atoms with Crippen molar-refractivity contribution in [2.24, 2.45) is 20.7 Å². The van der Waals surface area contributed by atoms with Gasteiger partial charge in [0.1, 0.15) is 35.7 Å². The zero-order chi connectivity index (χ0) is 19.1. The van der Waals surface area contributed by atoms with Crippen LogP contribution in [0, 0.1) is 6.92 Å². The van der Waals surface area contributed by atoms with Crippen LogP contribution in [0.1, 0.15) is 5.56 Å². The highest BCUT2D eigenvalue weighted by Crippen LogP contribution is 2.30. The van der Waals surface area contributed by atoms with Gasteiger partial charge in [-0.05, 0) is 35.1 Å². The first kappa shape index (κ1) is 17.7. The second-order valence-electron chi connectivity index (χ2n) is 6.29. The molecule has 0 bridgehead atoms. The van der Waals surface area contributed by atoms with Gasteiger partial charge < -0.3 is 29.2 Å². The van der Waals surface area contributed by atoms with E-state index in [1.54, 1.807) is 19.1 Å². The molecule has 3 heterocycles. The molecule has 1 aromatic heterocycles. The van der Waals surface area contributed by atoms with Gasteiger partial charge in [-0.2, -0.15) is 0 Å². The summed E-state index contributed by atoms with van der Waals surface area (Å²) >= 11 is 0. The van der Waals surface area contributed by atoms with Gasteiger partial charge >= 0.3 is 5.63 Å². The highest BCUT2D eigenvalue weighted by atomic mass is 16.7. The highest BCUT2D eigenvalue weighted by Gasteiger charge is 2.49. The topological polar surface area (TPSA) is 159 Å². The predicted octanol–water partition coefficient (Wildman–Crippen LogP) is 0.447. The molecule has 2 aliphatic heterocycles. The first-order chi connectivity index (χ1) is 12.9. The van der Waals surface area contributed by atoms with Gasteiger partial charge in [0.2, 0.25) is 12.5 Å². The Morgan fingerprint density at radius 1 is 1.04 bits per heavy atom. The Morgan fingerprint density at radius 2 is 1.78 bits per heavy atom. The lowest BCUT2D eigenvalue weighted by atomic mass is 9.97. The predicted molar refractivity (Wildman–Crippen MR) is 88.0 cm³/mol. The third-order valence-electron chi connectivity index (χ3n) is 4.46. The fourth-order valence-corrected chi connectivity index (χ4v) is 3.04. The number of hydrogen-bond acceptors (Lipinski definition) is 11. The van der Waals surface area contributed by atoms with E-state index in [1.807, 2.05) is 0 Å². The first-order valence-electron chi connectivity index (χ1n) is 8.15. The van der Waals surface area contributed by atoms with Crippen LogP contribution < -0.4 is 10.4 Å². The van der Waals surface area contributed by atoms with E-state index in [4.69, 9.17) is 13.9 Å². The number of benzene rings is 1. The summed E-state index contributed by atoms with van der Waals surface area (Å²) in [5.41, 5.74) is 0.553. The van der Waals surface area contributed by atoms with Crippen LogP contribution in [0.5, 0.6) is 5.75 Å². The molecule has 0 amide bonds. The third kappa shape index (κ3) is 3.21. The minimum absolute atomic E-state index is 0.234. The molecule has 1 aromatic carbocycles. The summed E-state index contributed by atoms with van der Waals surface area (Å²) in [6.07, 6.45) is -7.94. The number of aryl methyl sites for hydroxylation is 1. The minimum Gasteiger partial charge on any atom is -0.462 e. The Bertz CT molecular complexity index is 963. The third-order valence-corrected chi connectivity index (χ3v) is 4.46. The van der Waals surface area contributed by atoms with Crippen molar-refractivity contribution < 1.29 is 29.2 Å². The second kappa shape index (κ2) is 6.78. The van der Waals surface area contributed by atoms with Gasteiger partial charge in [-0.1, -0.05) is 0 Å². The molecule has 2 aliphatic rings. The van der Waals surface area contributed by atoms with Crippen molar-refractivity contribution in [3.8, 4) is 5.75 Å². The summed E-state index contributed by atoms with van der Waals surface area (Å²) in [7, 11) is 0. The normalized spacial score (nSPS) is 30.9. The van der Waals surface area contributed by atoms with Crippen molar-refractivity contribution in [3.63, 3.8) is 0 Å². The average molecular weight is 376 g/mol. The lowest BCUT2D eigenvalue weighted by Crippen LogP contribution is -2.61. The molecule has 0 unspecified atom stereocenters. The highest BCUT2D eigenvalue weighted by molar-refractivity contribution is 5.81. The quantitative estimate of drug-likeness (QED) is 0.656. The number of aliphatic hydroxyl groups excluding tert-OH is 3. The molecule has 1 fully saturated rings. The largest absolute Gasteiger partial charge is 0.462 e. The SMILES string of the molecule is Cc1cc(=O)oc2cc(O[C@@H]3O[C@H](C4N=NN=N4)[C@@H](O)[C@H](O)[C@H]3O)ccc12. The van der Waals surface area contributed by atoms with E-state index >= 15 is 0 Å². The van der Waals surface area contributed by atoms with E-state index in [0.29, 0.717) is 5.58 Å². The fourth-order valence-electron chi connectivity index (χ4n) is 3.04. The van der Waals surface area contributed by atoms with Crippen LogP contribution in [-0.2, 0) is 4.74 Å². The molecular weight excluding hydrogens is 360 g/mol. The van der Waals surface area contributed by atoms with Crippen molar-refractivity contribution in [3.05, 3.63) is 40.2 Å². The second-order valence-corrected chi connectivity index (χ2v) is 6.29. The number of ether oxygens (including phenoxy) is 2. The van der Waals surface area contributed by atoms with E-state index in [2.05, 4.69) is 20.7 Å². The Balaban J connectivity index is 1.60. The van der Waals surface area contributed by atoms with E-state index in [9.17, 15) is 20.1 Å². The Morgan fingerprint density at radius 3 is 2.52 bits per heavy atom. The van der Waals surface area contributed by atoms with Gasteiger partial charge in [0, 0.05) is 17.5 Å².